The second-order valence-electron chi connectivity index (χ2n) is 7.36. The molecule has 25 heavy (non-hydrogen) atoms. The Kier molecular flexibility index (Phi) is 5.96. The molecule has 8 heteroatoms. The quantitative estimate of drug-likeness (QED) is 0.806. The predicted molar refractivity (Wildman–Crippen MR) is 98.4 cm³/mol. The van der Waals surface area contributed by atoms with E-state index in [1.165, 1.54) is 0 Å². The molecule has 140 valence electrons. The lowest BCUT2D eigenvalue weighted by Crippen LogP contribution is -2.51. The van der Waals surface area contributed by atoms with Crippen LogP contribution in [-0.4, -0.2) is 66.6 Å². The minimum Gasteiger partial charge on any atom is -0.377 e. The molecule has 2 atom stereocenters. The molecule has 0 saturated carbocycles. The van der Waals surface area contributed by atoms with Crippen molar-refractivity contribution in [2.45, 2.75) is 39.8 Å². The van der Waals surface area contributed by atoms with Gasteiger partial charge in [-0.05, 0) is 23.4 Å². The fraction of sp³-hybridized carbons (Fsp3) is 0.824. The van der Waals surface area contributed by atoms with Crippen LogP contribution in [0, 0.1) is 11.8 Å². The minimum absolute atomic E-state index is 0.239. The van der Waals surface area contributed by atoms with Gasteiger partial charge in [0.15, 0.2) is 0 Å². The Labute approximate surface area is 154 Å². The van der Waals surface area contributed by atoms with E-state index in [4.69, 9.17) is 26.1 Å². The van der Waals surface area contributed by atoms with Gasteiger partial charge in [0.25, 0.3) is 0 Å². The first-order valence-electron chi connectivity index (χ1n) is 9.07. The lowest BCUT2D eigenvalue weighted by atomic mass is 10.0. The third-order valence-electron chi connectivity index (χ3n) is 4.97. The number of morpholine rings is 2. The first-order chi connectivity index (χ1) is 12.0. The SMILES string of the molecule is CC(C)[C@@H]1COCCN1c1nc(Cl)nc(N2CCOC[C@H]2C(C)C)n1. The van der Waals surface area contributed by atoms with E-state index in [0.717, 1.165) is 13.1 Å². The van der Waals surface area contributed by atoms with Crippen LogP contribution in [0.2, 0.25) is 5.28 Å². The summed E-state index contributed by atoms with van der Waals surface area (Å²) in [5.74, 6) is 2.16. The lowest BCUT2D eigenvalue weighted by Gasteiger charge is -2.40. The summed E-state index contributed by atoms with van der Waals surface area (Å²) >= 11 is 6.26. The molecule has 2 fully saturated rings. The first kappa shape index (κ1) is 18.6. The zero-order valence-electron chi connectivity index (χ0n) is 15.5. The molecule has 0 aliphatic carbocycles. The van der Waals surface area contributed by atoms with Gasteiger partial charge in [-0.3, -0.25) is 0 Å². The van der Waals surface area contributed by atoms with Gasteiger partial charge in [-0.1, -0.05) is 27.7 Å². The third kappa shape index (κ3) is 4.15. The predicted octanol–water partition coefficient (Wildman–Crippen LogP) is 2.25. The van der Waals surface area contributed by atoms with Crippen molar-refractivity contribution in [2.75, 3.05) is 49.3 Å². The van der Waals surface area contributed by atoms with Crippen LogP contribution >= 0.6 is 11.6 Å². The first-order valence-corrected chi connectivity index (χ1v) is 9.45. The molecule has 0 bridgehead atoms. The Bertz CT molecular complexity index is 540. The zero-order chi connectivity index (χ0) is 18.0. The van der Waals surface area contributed by atoms with Crippen molar-refractivity contribution in [3.05, 3.63) is 5.28 Å². The van der Waals surface area contributed by atoms with Crippen molar-refractivity contribution in [1.29, 1.82) is 0 Å². The maximum Gasteiger partial charge on any atom is 0.231 e. The van der Waals surface area contributed by atoms with Gasteiger partial charge in [0.2, 0.25) is 17.2 Å². The van der Waals surface area contributed by atoms with Crippen molar-refractivity contribution in [3.63, 3.8) is 0 Å². The van der Waals surface area contributed by atoms with Crippen LogP contribution in [-0.2, 0) is 9.47 Å². The summed E-state index contributed by atoms with van der Waals surface area (Å²) < 4.78 is 11.3. The van der Waals surface area contributed by atoms with E-state index >= 15 is 0 Å². The molecule has 3 heterocycles. The summed E-state index contributed by atoms with van der Waals surface area (Å²) in [4.78, 5) is 18.0. The van der Waals surface area contributed by atoms with Crippen LogP contribution in [0.25, 0.3) is 0 Å². The van der Waals surface area contributed by atoms with Gasteiger partial charge in [-0.2, -0.15) is 15.0 Å². The van der Waals surface area contributed by atoms with Crippen molar-refractivity contribution in [3.8, 4) is 0 Å². The Morgan fingerprint density at radius 3 is 1.68 bits per heavy atom. The van der Waals surface area contributed by atoms with E-state index in [-0.39, 0.29) is 17.4 Å². The lowest BCUT2D eigenvalue weighted by molar-refractivity contribution is 0.0784. The summed E-state index contributed by atoms with van der Waals surface area (Å²) in [6, 6.07) is 0.483. The molecule has 0 N–H and O–H groups in total. The molecule has 3 rings (SSSR count). The van der Waals surface area contributed by atoms with Crippen LogP contribution in [0.15, 0.2) is 0 Å². The van der Waals surface area contributed by atoms with Crippen molar-refractivity contribution in [1.82, 2.24) is 15.0 Å². The number of hydrogen-bond acceptors (Lipinski definition) is 7. The van der Waals surface area contributed by atoms with Crippen LogP contribution in [0.4, 0.5) is 11.9 Å². The maximum absolute atomic E-state index is 6.26. The summed E-state index contributed by atoms with van der Waals surface area (Å²) in [5, 5.41) is 0.239. The Hall–Kier alpha value is -1.18. The molecule has 2 aliphatic rings. The average Bonchev–Trinajstić information content (AvgIpc) is 2.61. The van der Waals surface area contributed by atoms with Gasteiger partial charge in [0.1, 0.15) is 0 Å². The highest BCUT2D eigenvalue weighted by molar-refractivity contribution is 6.28. The van der Waals surface area contributed by atoms with Crippen LogP contribution < -0.4 is 9.80 Å². The topological polar surface area (TPSA) is 63.6 Å². The highest BCUT2D eigenvalue weighted by atomic mass is 35.5. The molecule has 0 radical (unpaired) electrons. The van der Waals surface area contributed by atoms with Gasteiger partial charge in [0, 0.05) is 13.1 Å². The molecule has 1 aromatic rings. The number of rotatable bonds is 4. The van der Waals surface area contributed by atoms with E-state index in [1.807, 2.05) is 0 Å². The highest BCUT2D eigenvalue weighted by Gasteiger charge is 2.31. The van der Waals surface area contributed by atoms with Gasteiger partial charge in [0.05, 0.1) is 38.5 Å². The maximum atomic E-state index is 6.26. The standard InChI is InChI=1S/C17H28ClN5O2/c1-11(2)13-9-24-7-5-22(13)16-19-15(18)20-17(21-16)23-6-8-25-10-14(23)12(3)4/h11-14H,5-10H2,1-4H3/t13-,14-/m0/s1. The molecule has 0 aromatic carbocycles. The number of anilines is 2. The molecule has 2 saturated heterocycles. The highest BCUT2D eigenvalue weighted by Crippen LogP contribution is 2.26. The number of nitrogens with zero attached hydrogens (tertiary/aromatic N) is 5. The van der Waals surface area contributed by atoms with Crippen LogP contribution in [0.1, 0.15) is 27.7 Å². The van der Waals surface area contributed by atoms with E-state index in [0.29, 0.717) is 50.2 Å². The summed E-state index contributed by atoms with van der Waals surface area (Å²) in [6.45, 7) is 13.0. The minimum atomic E-state index is 0.239. The van der Waals surface area contributed by atoms with Crippen molar-refractivity contribution < 1.29 is 9.47 Å². The summed E-state index contributed by atoms with van der Waals surface area (Å²) in [6.07, 6.45) is 0. The Morgan fingerprint density at radius 1 is 0.840 bits per heavy atom. The molecule has 7 nitrogen and oxygen atoms in total. The fourth-order valence-electron chi connectivity index (χ4n) is 3.43. The summed E-state index contributed by atoms with van der Waals surface area (Å²) in [7, 11) is 0. The number of aromatic nitrogens is 3. The molecule has 1 aromatic heterocycles. The second-order valence-corrected chi connectivity index (χ2v) is 7.70. The molecule has 2 aliphatic heterocycles. The largest absolute Gasteiger partial charge is 0.377 e. The third-order valence-corrected chi connectivity index (χ3v) is 5.14. The monoisotopic (exact) mass is 369 g/mol. The average molecular weight is 370 g/mol. The van der Waals surface area contributed by atoms with Crippen LogP contribution in [0.5, 0.6) is 0 Å². The smallest absolute Gasteiger partial charge is 0.231 e. The fourth-order valence-corrected chi connectivity index (χ4v) is 3.58. The summed E-state index contributed by atoms with van der Waals surface area (Å²) in [5.41, 5.74) is 0. The molecular weight excluding hydrogens is 342 g/mol. The van der Waals surface area contributed by atoms with Gasteiger partial charge in [-0.15, -0.1) is 0 Å². The van der Waals surface area contributed by atoms with Gasteiger partial charge >= 0.3 is 0 Å². The van der Waals surface area contributed by atoms with Crippen molar-refractivity contribution in [2.24, 2.45) is 11.8 Å². The molecule has 0 amide bonds. The van der Waals surface area contributed by atoms with E-state index < -0.39 is 0 Å². The zero-order valence-corrected chi connectivity index (χ0v) is 16.2. The van der Waals surface area contributed by atoms with E-state index in [2.05, 4.69) is 47.5 Å². The number of ether oxygens (including phenoxy) is 2. The molecule has 0 spiro atoms. The van der Waals surface area contributed by atoms with Gasteiger partial charge < -0.3 is 19.3 Å². The Balaban J connectivity index is 1.92. The molecular formula is C17H28ClN5O2. The number of halogens is 1. The molecule has 0 unspecified atom stereocenters. The van der Waals surface area contributed by atoms with Crippen LogP contribution in [0.3, 0.4) is 0 Å². The normalized spacial score (nSPS) is 25.1. The second kappa shape index (κ2) is 8.01. The number of hydrogen-bond donors (Lipinski definition) is 0. The Morgan fingerprint density at radius 2 is 1.28 bits per heavy atom. The van der Waals surface area contributed by atoms with Gasteiger partial charge in [-0.25, -0.2) is 0 Å². The van der Waals surface area contributed by atoms with E-state index in [1.54, 1.807) is 0 Å². The van der Waals surface area contributed by atoms with E-state index in [9.17, 15) is 0 Å². The van der Waals surface area contributed by atoms with Crippen molar-refractivity contribution >= 4 is 23.5 Å².